The monoisotopic (exact) mass is 281 g/mol. The maximum absolute atomic E-state index is 11.5. The quantitative estimate of drug-likeness (QED) is 0.740. The van der Waals surface area contributed by atoms with E-state index < -0.39 is 0 Å². The van der Waals surface area contributed by atoms with Gasteiger partial charge in [-0.25, -0.2) is 0 Å². The molecule has 0 bridgehead atoms. The van der Waals surface area contributed by atoms with E-state index in [1.807, 2.05) is 25.1 Å². The fourth-order valence-corrected chi connectivity index (χ4v) is 1.81. The van der Waals surface area contributed by atoms with Gasteiger partial charge in [0.1, 0.15) is 6.04 Å². The summed E-state index contributed by atoms with van der Waals surface area (Å²) >= 11 is 0. The Balaban J connectivity index is 2.72. The SMILES string of the molecule is CCOC(=O)C(C)NCc1cccc(OCC)c1OC. The Hall–Kier alpha value is -1.75. The molecule has 5 heteroatoms. The molecule has 5 nitrogen and oxygen atoms in total. The van der Waals surface area contributed by atoms with E-state index in [0.717, 1.165) is 5.56 Å². The molecular weight excluding hydrogens is 258 g/mol. The maximum Gasteiger partial charge on any atom is 0.322 e. The standard InChI is InChI=1S/C15H23NO4/c1-5-19-13-9-7-8-12(14(13)18-4)10-16-11(3)15(17)20-6-2/h7-9,11,16H,5-6,10H2,1-4H3. The summed E-state index contributed by atoms with van der Waals surface area (Å²) in [5.74, 6) is 1.14. The minimum Gasteiger partial charge on any atom is -0.493 e. The highest BCUT2D eigenvalue weighted by Crippen LogP contribution is 2.30. The summed E-state index contributed by atoms with van der Waals surface area (Å²) in [6.07, 6.45) is 0. The van der Waals surface area contributed by atoms with Gasteiger partial charge in [0.2, 0.25) is 0 Å². The van der Waals surface area contributed by atoms with Crippen molar-refractivity contribution in [2.75, 3.05) is 20.3 Å². The Labute approximate surface area is 120 Å². The van der Waals surface area contributed by atoms with E-state index in [0.29, 0.717) is 31.3 Å². The number of para-hydroxylation sites is 1. The second kappa shape index (κ2) is 8.43. The minimum absolute atomic E-state index is 0.257. The third kappa shape index (κ3) is 4.42. The van der Waals surface area contributed by atoms with E-state index in [9.17, 15) is 4.79 Å². The largest absolute Gasteiger partial charge is 0.493 e. The third-order valence-corrected chi connectivity index (χ3v) is 2.80. The van der Waals surface area contributed by atoms with Gasteiger partial charge in [0.25, 0.3) is 0 Å². The molecule has 0 radical (unpaired) electrons. The van der Waals surface area contributed by atoms with Gasteiger partial charge in [0.05, 0.1) is 20.3 Å². The van der Waals surface area contributed by atoms with Crippen LogP contribution >= 0.6 is 0 Å². The topological polar surface area (TPSA) is 56.8 Å². The van der Waals surface area contributed by atoms with Gasteiger partial charge >= 0.3 is 5.97 Å². The lowest BCUT2D eigenvalue weighted by Gasteiger charge is -2.16. The molecule has 1 rings (SSSR count). The van der Waals surface area contributed by atoms with Gasteiger partial charge in [-0.2, -0.15) is 0 Å². The summed E-state index contributed by atoms with van der Waals surface area (Å²) in [7, 11) is 1.61. The van der Waals surface area contributed by atoms with Gasteiger partial charge < -0.3 is 19.5 Å². The van der Waals surface area contributed by atoms with Crippen LogP contribution in [0.2, 0.25) is 0 Å². The van der Waals surface area contributed by atoms with Crippen molar-refractivity contribution in [1.29, 1.82) is 0 Å². The number of rotatable bonds is 8. The Morgan fingerprint density at radius 1 is 1.30 bits per heavy atom. The zero-order valence-electron chi connectivity index (χ0n) is 12.6. The molecular formula is C15H23NO4. The molecule has 0 aliphatic heterocycles. The molecule has 1 aromatic carbocycles. The fraction of sp³-hybridized carbons (Fsp3) is 0.533. The molecule has 1 N–H and O–H groups in total. The van der Waals surface area contributed by atoms with Gasteiger partial charge in [-0.15, -0.1) is 0 Å². The van der Waals surface area contributed by atoms with Crippen LogP contribution < -0.4 is 14.8 Å². The van der Waals surface area contributed by atoms with E-state index in [1.54, 1.807) is 21.0 Å². The second-order valence-corrected chi connectivity index (χ2v) is 4.24. The summed E-state index contributed by atoms with van der Waals surface area (Å²) in [5.41, 5.74) is 0.939. The van der Waals surface area contributed by atoms with Gasteiger partial charge in [-0.05, 0) is 26.8 Å². The summed E-state index contributed by atoms with van der Waals surface area (Å²) in [6.45, 7) is 6.95. The van der Waals surface area contributed by atoms with Crippen LogP contribution in [-0.4, -0.2) is 32.3 Å². The number of hydrogen-bond acceptors (Lipinski definition) is 5. The highest BCUT2D eigenvalue weighted by molar-refractivity contribution is 5.75. The lowest BCUT2D eigenvalue weighted by Crippen LogP contribution is -2.35. The van der Waals surface area contributed by atoms with Crippen molar-refractivity contribution in [1.82, 2.24) is 5.32 Å². The number of carbonyl (C=O) groups excluding carboxylic acids is 1. The number of esters is 1. The lowest BCUT2D eigenvalue weighted by atomic mass is 10.1. The van der Waals surface area contributed by atoms with Gasteiger partial charge in [-0.3, -0.25) is 4.79 Å². The van der Waals surface area contributed by atoms with Crippen molar-refractivity contribution in [2.24, 2.45) is 0 Å². The molecule has 0 saturated heterocycles. The Kier molecular flexibility index (Phi) is 6.87. The molecule has 0 heterocycles. The van der Waals surface area contributed by atoms with E-state index in [4.69, 9.17) is 14.2 Å². The Morgan fingerprint density at radius 3 is 2.65 bits per heavy atom. The number of hydrogen-bond donors (Lipinski definition) is 1. The molecule has 0 saturated carbocycles. The zero-order valence-corrected chi connectivity index (χ0v) is 12.6. The van der Waals surface area contributed by atoms with Crippen molar-refractivity contribution in [3.05, 3.63) is 23.8 Å². The van der Waals surface area contributed by atoms with Crippen LogP contribution in [0.4, 0.5) is 0 Å². The van der Waals surface area contributed by atoms with Crippen molar-refractivity contribution in [3.8, 4) is 11.5 Å². The van der Waals surface area contributed by atoms with E-state index in [-0.39, 0.29) is 12.0 Å². The number of methoxy groups -OCH3 is 1. The normalized spacial score (nSPS) is 11.8. The Bertz CT molecular complexity index is 434. The Morgan fingerprint density at radius 2 is 2.05 bits per heavy atom. The number of nitrogens with one attached hydrogen (secondary N) is 1. The van der Waals surface area contributed by atoms with E-state index in [2.05, 4.69) is 5.32 Å². The second-order valence-electron chi connectivity index (χ2n) is 4.24. The number of carbonyl (C=O) groups is 1. The zero-order chi connectivity index (χ0) is 15.0. The van der Waals surface area contributed by atoms with Crippen molar-refractivity contribution < 1.29 is 19.0 Å². The molecule has 0 aromatic heterocycles. The first-order valence-electron chi connectivity index (χ1n) is 6.82. The molecule has 0 amide bonds. The average Bonchev–Trinajstić information content (AvgIpc) is 2.45. The molecule has 0 spiro atoms. The van der Waals surface area contributed by atoms with Crippen molar-refractivity contribution >= 4 is 5.97 Å². The number of benzene rings is 1. The first kappa shape index (κ1) is 16.3. The summed E-state index contributed by atoms with van der Waals surface area (Å²) in [6, 6.07) is 5.34. The van der Waals surface area contributed by atoms with Gasteiger partial charge in [-0.1, -0.05) is 12.1 Å². The predicted molar refractivity (Wildman–Crippen MR) is 77.1 cm³/mol. The van der Waals surface area contributed by atoms with Crippen LogP contribution in [0.15, 0.2) is 18.2 Å². The maximum atomic E-state index is 11.5. The van der Waals surface area contributed by atoms with Crippen LogP contribution in [0.5, 0.6) is 11.5 Å². The minimum atomic E-state index is -0.365. The smallest absolute Gasteiger partial charge is 0.322 e. The van der Waals surface area contributed by atoms with Crippen molar-refractivity contribution in [2.45, 2.75) is 33.4 Å². The van der Waals surface area contributed by atoms with Gasteiger partial charge in [0, 0.05) is 12.1 Å². The van der Waals surface area contributed by atoms with E-state index >= 15 is 0 Å². The van der Waals surface area contributed by atoms with Crippen LogP contribution in [0.3, 0.4) is 0 Å². The molecule has 1 unspecified atom stereocenters. The van der Waals surface area contributed by atoms with Crippen LogP contribution in [0.1, 0.15) is 26.3 Å². The average molecular weight is 281 g/mol. The summed E-state index contributed by atoms with van der Waals surface area (Å²) in [5, 5.41) is 3.12. The molecule has 0 aliphatic carbocycles. The first-order chi connectivity index (χ1) is 9.63. The van der Waals surface area contributed by atoms with Crippen LogP contribution in [0.25, 0.3) is 0 Å². The molecule has 1 atom stereocenters. The van der Waals surface area contributed by atoms with E-state index in [1.165, 1.54) is 0 Å². The fourth-order valence-electron chi connectivity index (χ4n) is 1.81. The van der Waals surface area contributed by atoms with Gasteiger partial charge in [0.15, 0.2) is 11.5 Å². The summed E-state index contributed by atoms with van der Waals surface area (Å²) < 4.78 is 15.9. The molecule has 0 fully saturated rings. The summed E-state index contributed by atoms with van der Waals surface area (Å²) in [4.78, 5) is 11.5. The first-order valence-corrected chi connectivity index (χ1v) is 6.82. The highest BCUT2D eigenvalue weighted by Gasteiger charge is 2.15. The van der Waals surface area contributed by atoms with Crippen LogP contribution in [0, 0.1) is 0 Å². The predicted octanol–water partition coefficient (Wildman–Crippen LogP) is 2.14. The third-order valence-electron chi connectivity index (χ3n) is 2.80. The number of ether oxygens (including phenoxy) is 3. The molecule has 1 aromatic rings. The van der Waals surface area contributed by atoms with Crippen molar-refractivity contribution in [3.63, 3.8) is 0 Å². The molecule has 20 heavy (non-hydrogen) atoms. The van der Waals surface area contributed by atoms with Crippen LogP contribution in [-0.2, 0) is 16.1 Å². The lowest BCUT2D eigenvalue weighted by molar-refractivity contribution is -0.145. The molecule has 112 valence electrons. The molecule has 0 aliphatic rings. The highest BCUT2D eigenvalue weighted by atomic mass is 16.5.